The minimum absolute atomic E-state index is 0.316. The Morgan fingerprint density at radius 3 is 2.88 bits per heavy atom. The largest absolute Gasteiger partial charge is 0.290 e. The third-order valence-corrected chi connectivity index (χ3v) is 2.20. The Morgan fingerprint density at radius 2 is 2.62 bits per heavy atom. The van der Waals surface area contributed by atoms with Crippen LogP contribution in [0.5, 0.6) is 0 Å². The predicted molar refractivity (Wildman–Crippen MR) is 32.6 cm³/mol. The maximum atomic E-state index is 10.5. The van der Waals surface area contributed by atoms with E-state index in [4.69, 9.17) is 4.18 Å². The molecule has 1 saturated heterocycles. The lowest BCUT2D eigenvalue weighted by molar-refractivity contribution is 0.354. The van der Waals surface area contributed by atoms with Gasteiger partial charge in [0.2, 0.25) is 0 Å². The van der Waals surface area contributed by atoms with Gasteiger partial charge in [0.15, 0.2) is 11.1 Å². The topological polar surface area (TPSA) is 26.3 Å². The van der Waals surface area contributed by atoms with Crippen molar-refractivity contribution in [3.8, 4) is 0 Å². The number of rotatable bonds is 1. The molecule has 0 radical (unpaired) electrons. The van der Waals surface area contributed by atoms with Gasteiger partial charge in [-0.1, -0.05) is 6.08 Å². The van der Waals surface area contributed by atoms with E-state index in [0.717, 1.165) is 0 Å². The van der Waals surface area contributed by atoms with E-state index in [2.05, 4.69) is 6.58 Å². The highest BCUT2D eigenvalue weighted by Crippen LogP contribution is 2.10. The molecule has 0 aromatic carbocycles. The summed E-state index contributed by atoms with van der Waals surface area (Å²) in [4.78, 5) is 0. The molecule has 0 aromatic rings. The van der Waals surface area contributed by atoms with E-state index >= 15 is 0 Å². The molecule has 1 unspecified atom stereocenters. The molecule has 0 saturated carbocycles. The fourth-order valence-electron chi connectivity index (χ4n) is 0.570. The van der Waals surface area contributed by atoms with Crippen LogP contribution in [-0.2, 0) is 15.3 Å². The molecule has 0 aliphatic carbocycles. The van der Waals surface area contributed by atoms with E-state index in [1.54, 1.807) is 6.08 Å². The van der Waals surface area contributed by atoms with Crippen LogP contribution in [0.4, 0.5) is 0 Å². The van der Waals surface area contributed by atoms with Crippen LogP contribution in [0.1, 0.15) is 0 Å². The molecule has 1 heterocycles. The van der Waals surface area contributed by atoms with Crippen molar-refractivity contribution >= 4 is 11.1 Å². The second-order valence-corrected chi connectivity index (χ2v) is 2.93. The van der Waals surface area contributed by atoms with Crippen molar-refractivity contribution in [2.24, 2.45) is 5.92 Å². The zero-order chi connectivity index (χ0) is 5.98. The Kier molecular flexibility index (Phi) is 1.81. The van der Waals surface area contributed by atoms with Gasteiger partial charge in [-0.25, -0.2) is 4.21 Å². The summed E-state index contributed by atoms with van der Waals surface area (Å²) in [5, 5.41) is 0. The monoisotopic (exact) mass is 132 g/mol. The summed E-state index contributed by atoms with van der Waals surface area (Å²) in [6.07, 6.45) is 1.78. The molecule has 46 valence electrons. The van der Waals surface area contributed by atoms with Crippen molar-refractivity contribution in [1.82, 2.24) is 0 Å². The first kappa shape index (κ1) is 5.98. The van der Waals surface area contributed by atoms with E-state index in [9.17, 15) is 4.21 Å². The van der Waals surface area contributed by atoms with Crippen molar-refractivity contribution in [2.45, 2.75) is 0 Å². The van der Waals surface area contributed by atoms with Crippen LogP contribution in [0.15, 0.2) is 12.7 Å². The maximum Gasteiger partial charge on any atom is 0.156 e. The second kappa shape index (κ2) is 2.42. The highest BCUT2D eigenvalue weighted by atomic mass is 32.2. The highest BCUT2D eigenvalue weighted by Gasteiger charge is 2.18. The summed E-state index contributed by atoms with van der Waals surface area (Å²) in [6, 6.07) is 0. The summed E-state index contributed by atoms with van der Waals surface area (Å²) in [5.74, 6) is 0.944. The van der Waals surface area contributed by atoms with Crippen molar-refractivity contribution < 1.29 is 8.39 Å². The van der Waals surface area contributed by atoms with Crippen molar-refractivity contribution in [1.29, 1.82) is 0 Å². The van der Waals surface area contributed by atoms with E-state index in [-0.39, 0.29) is 0 Å². The smallest absolute Gasteiger partial charge is 0.156 e. The summed E-state index contributed by atoms with van der Waals surface area (Å²) in [6.45, 7) is 4.14. The Labute approximate surface area is 51.2 Å². The molecule has 2 nitrogen and oxygen atoms in total. The molecular formula is C5H8O2S. The van der Waals surface area contributed by atoms with Gasteiger partial charge in [0, 0.05) is 5.92 Å². The fraction of sp³-hybridized carbons (Fsp3) is 0.600. The molecule has 2 atom stereocenters. The molecule has 0 bridgehead atoms. The third kappa shape index (κ3) is 1.17. The van der Waals surface area contributed by atoms with Gasteiger partial charge < -0.3 is 0 Å². The van der Waals surface area contributed by atoms with Crippen LogP contribution in [0.3, 0.4) is 0 Å². The van der Waals surface area contributed by atoms with Crippen LogP contribution >= 0.6 is 0 Å². The van der Waals surface area contributed by atoms with E-state index in [1.807, 2.05) is 0 Å². The van der Waals surface area contributed by atoms with Crippen LogP contribution < -0.4 is 0 Å². The predicted octanol–water partition coefficient (Wildman–Crippen LogP) is 0.483. The number of hydrogen-bond acceptors (Lipinski definition) is 2. The SMILES string of the molecule is C=C[C@@H]1COS(=O)C1. The first-order chi connectivity index (χ1) is 3.83. The van der Waals surface area contributed by atoms with Gasteiger partial charge >= 0.3 is 0 Å². The summed E-state index contributed by atoms with van der Waals surface area (Å²) >= 11 is -1.02. The molecule has 0 N–H and O–H groups in total. The molecule has 8 heavy (non-hydrogen) atoms. The highest BCUT2D eigenvalue weighted by molar-refractivity contribution is 7.80. The van der Waals surface area contributed by atoms with Gasteiger partial charge in [-0.2, -0.15) is 0 Å². The quantitative estimate of drug-likeness (QED) is 0.485. The summed E-state index contributed by atoms with van der Waals surface area (Å²) in [7, 11) is 0. The van der Waals surface area contributed by atoms with Crippen molar-refractivity contribution in [3.63, 3.8) is 0 Å². The maximum absolute atomic E-state index is 10.5. The molecule has 0 spiro atoms. The minimum atomic E-state index is -1.02. The Bertz CT molecular complexity index is 122. The standard InChI is InChI=1S/C5H8O2S/c1-2-5-3-7-8(6)4-5/h2,5H,1,3-4H2/t5-,8?/m1/s1. The van der Waals surface area contributed by atoms with Crippen LogP contribution in [0.2, 0.25) is 0 Å². The van der Waals surface area contributed by atoms with Gasteiger partial charge in [0.1, 0.15) is 0 Å². The van der Waals surface area contributed by atoms with Gasteiger partial charge in [-0.3, -0.25) is 4.18 Å². The lowest BCUT2D eigenvalue weighted by atomic mass is 10.2. The Balaban J connectivity index is 2.43. The van der Waals surface area contributed by atoms with E-state index < -0.39 is 11.1 Å². The van der Waals surface area contributed by atoms with E-state index in [1.165, 1.54) is 0 Å². The molecule has 0 amide bonds. The second-order valence-electron chi connectivity index (χ2n) is 1.75. The van der Waals surface area contributed by atoms with Crippen molar-refractivity contribution in [2.75, 3.05) is 12.4 Å². The first-order valence-electron chi connectivity index (χ1n) is 2.47. The molecule has 1 aliphatic rings. The molecule has 1 rings (SSSR count). The lowest BCUT2D eigenvalue weighted by Gasteiger charge is -1.90. The van der Waals surface area contributed by atoms with E-state index in [0.29, 0.717) is 18.3 Å². The first-order valence-corrected chi connectivity index (χ1v) is 3.71. The lowest BCUT2D eigenvalue weighted by Crippen LogP contribution is -1.96. The Hall–Kier alpha value is -0.150. The minimum Gasteiger partial charge on any atom is -0.290 e. The van der Waals surface area contributed by atoms with Gasteiger partial charge in [0.05, 0.1) is 12.4 Å². The van der Waals surface area contributed by atoms with Gasteiger partial charge in [0.25, 0.3) is 0 Å². The molecule has 1 aliphatic heterocycles. The summed E-state index contributed by atoms with van der Waals surface area (Å²) in [5.41, 5.74) is 0. The molecule has 1 fully saturated rings. The molecular weight excluding hydrogens is 124 g/mol. The molecule has 3 heteroatoms. The Morgan fingerprint density at radius 1 is 1.88 bits per heavy atom. The zero-order valence-corrected chi connectivity index (χ0v) is 5.32. The normalized spacial score (nSPS) is 37.5. The zero-order valence-electron chi connectivity index (χ0n) is 4.50. The van der Waals surface area contributed by atoms with Crippen LogP contribution in [0.25, 0.3) is 0 Å². The average Bonchev–Trinajstić information content (AvgIpc) is 2.14. The third-order valence-electron chi connectivity index (χ3n) is 1.10. The van der Waals surface area contributed by atoms with Crippen LogP contribution in [-0.4, -0.2) is 16.6 Å². The number of hydrogen-bond donors (Lipinski definition) is 0. The van der Waals surface area contributed by atoms with Crippen molar-refractivity contribution in [3.05, 3.63) is 12.7 Å². The van der Waals surface area contributed by atoms with Crippen LogP contribution in [0, 0.1) is 5.92 Å². The fourth-order valence-corrected chi connectivity index (χ4v) is 1.58. The summed E-state index contributed by atoms with van der Waals surface area (Å²) < 4.78 is 15.2. The average molecular weight is 132 g/mol. The molecule has 0 aromatic heterocycles. The van der Waals surface area contributed by atoms with Gasteiger partial charge in [-0.05, 0) is 0 Å². The van der Waals surface area contributed by atoms with Gasteiger partial charge in [-0.15, -0.1) is 6.58 Å².